The first-order valence-electron chi connectivity index (χ1n) is 12.0. The molecule has 0 N–H and O–H groups in total. The van der Waals surface area contributed by atoms with Gasteiger partial charge in [-0.1, -0.05) is 65.3 Å². The van der Waals surface area contributed by atoms with E-state index in [-0.39, 0.29) is 10.8 Å². The van der Waals surface area contributed by atoms with Crippen molar-refractivity contribution in [1.82, 2.24) is 15.0 Å². The lowest BCUT2D eigenvalue weighted by Crippen LogP contribution is -2.32. The minimum Gasteiger partial charge on any atom is -0.217 e. The molecule has 176 valence electrons. The van der Waals surface area contributed by atoms with Crippen LogP contribution in [-0.2, 0) is 17.9 Å². The van der Waals surface area contributed by atoms with Gasteiger partial charge in [0.05, 0.1) is 5.39 Å². The van der Waals surface area contributed by atoms with Crippen molar-refractivity contribution < 1.29 is 4.57 Å². The molecule has 2 aromatic heterocycles. The van der Waals surface area contributed by atoms with E-state index in [4.69, 9.17) is 15.0 Å². The molecule has 0 unspecified atom stereocenters. The summed E-state index contributed by atoms with van der Waals surface area (Å²) in [6, 6.07) is 15.3. The van der Waals surface area contributed by atoms with Crippen molar-refractivity contribution in [3.05, 3.63) is 70.8 Å². The van der Waals surface area contributed by atoms with Gasteiger partial charge < -0.3 is 0 Å². The molecule has 0 saturated carbocycles. The largest absolute Gasteiger partial charge is 0.217 e. The molecule has 0 aliphatic rings. The molecule has 34 heavy (non-hydrogen) atoms. The molecule has 2 aromatic carbocycles. The minimum atomic E-state index is -0.181. The number of aryl methyl sites for hydroxylation is 3. The number of fused-ring (bicyclic) bond motifs is 1. The Kier molecular flexibility index (Phi) is 5.83. The number of rotatable bonds is 2. The fourth-order valence-corrected chi connectivity index (χ4v) is 4.35. The smallest absolute Gasteiger partial charge is 0.213 e. The highest BCUT2D eigenvalue weighted by Crippen LogP contribution is 2.33. The Labute approximate surface area is 204 Å². The molecule has 0 bridgehead atoms. The molecular weight excluding hydrogens is 416 g/mol. The van der Waals surface area contributed by atoms with Gasteiger partial charge in [0.25, 0.3) is 0 Å². The summed E-state index contributed by atoms with van der Waals surface area (Å²) >= 11 is 0. The molecule has 0 radical (unpaired) electrons. The topological polar surface area (TPSA) is 42.6 Å². The second-order valence-electron chi connectivity index (χ2n) is 11.6. The van der Waals surface area contributed by atoms with Crippen LogP contribution in [0.4, 0.5) is 0 Å². The normalized spacial score (nSPS) is 12.4. The maximum Gasteiger partial charge on any atom is 0.213 e. The SMILES string of the molecule is Cc1cc(C)c(C)c(-c2cc(-c3nc(C(C)(C)C)nc(C(C)(C)C)n3)c3ccccc3[n+]2C)c1. The Balaban J connectivity index is 2.12. The molecule has 0 spiro atoms. The molecular formula is C30H37N4+. The average Bonchev–Trinajstić information content (AvgIpc) is 2.75. The first-order valence-corrected chi connectivity index (χ1v) is 12.0. The molecule has 0 saturated heterocycles. The van der Waals surface area contributed by atoms with Crippen LogP contribution < -0.4 is 4.57 Å². The monoisotopic (exact) mass is 453 g/mol. The van der Waals surface area contributed by atoms with Crippen LogP contribution in [0.5, 0.6) is 0 Å². The van der Waals surface area contributed by atoms with E-state index in [1.54, 1.807) is 0 Å². The molecule has 0 aliphatic carbocycles. The van der Waals surface area contributed by atoms with Gasteiger partial charge in [0.15, 0.2) is 5.82 Å². The summed E-state index contributed by atoms with van der Waals surface area (Å²) in [6.07, 6.45) is 0. The van der Waals surface area contributed by atoms with E-state index in [1.165, 1.54) is 22.3 Å². The highest BCUT2D eigenvalue weighted by molar-refractivity contribution is 5.92. The zero-order valence-electron chi connectivity index (χ0n) is 22.3. The van der Waals surface area contributed by atoms with E-state index in [9.17, 15) is 0 Å². The summed E-state index contributed by atoms with van der Waals surface area (Å²) in [5.41, 5.74) is 8.10. The van der Waals surface area contributed by atoms with Gasteiger partial charge in [-0.05, 0) is 44.0 Å². The fourth-order valence-electron chi connectivity index (χ4n) is 4.35. The van der Waals surface area contributed by atoms with Crippen molar-refractivity contribution in [2.45, 2.75) is 73.1 Å². The predicted molar refractivity (Wildman–Crippen MR) is 141 cm³/mol. The van der Waals surface area contributed by atoms with Crippen LogP contribution in [0.15, 0.2) is 42.5 Å². The molecule has 4 nitrogen and oxygen atoms in total. The highest BCUT2D eigenvalue weighted by Gasteiger charge is 2.28. The zero-order valence-corrected chi connectivity index (χ0v) is 22.3. The summed E-state index contributed by atoms with van der Waals surface area (Å²) in [7, 11) is 2.15. The van der Waals surface area contributed by atoms with Gasteiger partial charge >= 0.3 is 0 Å². The van der Waals surface area contributed by atoms with Gasteiger partial charge in [0, 0.05) is 34.1 Å². The van der Waals surface area contributed by atoms with E-state index in [1.807, 2.05) is 0 Å². The highest BCUT2D eigenvalue weighted by atomic mass is 15.1. The lowest BCUT2D eigenvalue weighted by Gasteiger charge is -2.23. The third kappa shape index (κ3) is 4.34. The summed E-state index contributed by atoms with van der Waals surface area (Å²) < 4.78 is 2.29. The summed E-state index contributed by atoms with van der Waals surface area (Å²) in [5, 5.41) is 1.14. The van der Waals surface area contributed by atoms with Gasteiger partial charge in [-0.25, -0.2) is 15.0 Å². The van der Waals surface area contributed by atoms with Crippen LogP contribution in [0.25, 0.3) is 33.5 Å². The first-order chi connectivity index (χ1) is 15.8. The van der Waals surface area contributed by atoms with Gasteiger partial charge in [0.1, 0.15) is 18.7 Å². The van der Waals surface area contributed by atoms with Crippen molar-refractivity contribution in [1.29, 1.82) is 0 Å². The zero-order chi connectivity index (χ0) is 25.0. The molecule has 4 heteroatoms. The van der Waals surface area contributed by atoms with Crippen molar-refractivity contribution >= 4 is 10.9 Å². The van der Waals surface area contributed by atoms with Gasteiger partial charge in [-0.15, -0.1) is 0 Å². The number of pyridine rings is 1. The summed E-state index contributed by atoms with van der Waals surface area (Å²) in [6.45, 7) is 19.5. The average molecular weight is 454 g/mol. The number of aromatic nitrogens is 4. The second-order valence-corrected chi connectivity index (χ2v) is 11.6. The lowest BCUT2D eigenvalue weighted by molar-refractivity contribution is -0.633. The Morgan fingerprint density at radius 1 is 0.706 bits per heavy atom. The Morgan fingerprint density at radius 2 is 1.29 bits per heavy atom. The van der Waals surface area contributed by atoms with Crippen LogP contribution in [0, 0.1) is 20.8 Å². The molecule has 0 aliphatic heterocycles. The standard InChI is InChI=1S/C30H37N4/c1-18-15-19(2)20(3)22(16-18)25-17-23(21-13-11-12-14-24(21)34(25)10)26-31-27(29(4,5)6)33-28(32-26)30(7,8)9/h11-17H,1-10H3/q+1. The molecule has 4 aromatic rings. The molecule has 0 fully saturated rings. The predicted octanol–water partition coefficient (Wildman–Crippen LogP) is 6.70. The Hall–Kier alpha value is -3.14. The van der Waals surface area contributed by atoms with Crippen molar-refractivity contribution in [3.63, 3.8) is 0 Å². The van der Waals surface area contributed by atoms with E-state index in [0.29, 0.717) is 0 Å². The molecule has 2 heterocycles. The van der Waals surface area contributed by atoms with Gasteiger partial charge in [-0.2, -0.15) is 4.57 Å². The third-order valence-electron chi connectivity index (χ3n) is 6.50. The quantitative estimate of drug-likeness (QED) is 0.317. The molecule has 0 atom stereocenters. The van der Waals surface area contributed by atoms with E-state index < -0.39 is 0 Å². The van der Waals surface area contributed by atoms with Crippen molar-refractivity contribution in [2.75, 3.05) is 0 Å². The van der Waals surface area contributed by atoms with Crippen LogP contribution >= 0.6 is 0 Å². The first kappa shape index (κ1) is 24.0. The van der Waals surface area contributed by atoms with E-state index in [2.05, 4.69) is 116 Å². The maximum absolute atomic E-state index is 5.03. The van der Waals surface area contributed by atoms with Gasteiger partial charge in [-0.3, -0.25) is 0 Å². The van der Waals surface area contributed by atoms with Crippen molar-refractivity contribution in [3.8, 4) is 22.6 Å². The van der Waals surface area contributed by atoms with Crippen LogP contribution in [0.3, 0.4) is 0 Å². The lowest BCUT2D eigenvalue weighted by atomic mass is 9.92. The number of para-hydroxylation sites is 1. The summed E-state index contributed by atoms with van der Waals surface area (Å²) in [5.74, 6) is 2.39. The number of nitrogens with zero attached hydrogens (tertiary/aromatic N) is 4. The third-order valence-corrected chi connectivity index (χ3v) is 6.50. The number of benzene rings is 2. The second kappa shape index (κ2) is 8.26. The Morgan fingerprint density at radius 3 is 1.88 bits per heavy atom. The molecule has 0 amide bonds. The van der Waals surface area contributed by atoms with Crippen LogP contribution in [0.1, 0.15) is 69.9 Å². The van der Waals surface area contributed by atoms with Crippen LogP contribution in [0.2, 0.25) is 0 Å². The fraction of sp³-hybridized carbons (Fsp3) is 0.400. The Bertz CT molecular complexity index is 1370. The summed E-state index contributed by atoms with van der Waals surface area (Å²) in [4.78, 5) is 14.9. The maximum atomic E-state index is 5.03. The number of hydrogen-bond acceptors (Lipinski definition) is 3. The van der Waals surface area contributed by atoms with Crippen LogP contribution in [-0.4, -0.2) is 15.0 Å². The van der Waals surface area contributed by atoms with Gasteiger partial charge in [0.2, 0.25) is 11.2 Å². The van der Waals surface area contributed by atoms with E-state index >= 15 is 0 Å². The molecule has 4 rings (SSSR count). The van der Waals surface area contributed by atoms with Crippen molar-refractivity contribution in [2.24, 2.45) is 7.05 Å². The number of hydrogen-bond donors (Lipinski definition) is 0. The van der Waals surface area contributed by atoms with E-state index in [0.717, 1.165) is 39.6 Å². The minimum absolute atomic E-state index is 0.181.